The van der Waals surface area contributed by atoms with Crippen molar-refractivity contribution in [2.24, 2.45) is 0 Å². The van der Waals surface area contributed by atoms with Gasteiger partial charge in [0.25, 0.3) is 0 Å². The van der Waals surface area contributed by atoms with Gasteiger partial charge in [-0.1, -0.05) is 48.2 Å². The number of nitrogens with one attached hydrogen (secondary N) is 1. The Hall–Kier alpha value is -2.32. The van der Waals surface area contributed by atoms with E-state index in [1.54, 1.807) is 11.9 Å². The zero-order chi connectivity index (χ0) is 19.2. The molecule has 0 atom stereocenters. The molecule has 8 heteroatoms. The van der Waals surface area contributed by atoms with Crippen LogP contribution in [0.25, 0.3) is 0 Å². The van der Waals surface area contributed by atoms with Crippen molar-refractivity contribution in [3.63, 3.8) is 0 Å². The number of carbonyl (C=O) groups is 1. The van der Waals surface area contributed by atoms with E-state index >= 15 is 0 Å². The van der Waals surface area contributed by atoms with Gasteiger partial charge >= 0.3 is 0 Å². The molecule has 3 rings (SSSR count). The number of carbonyl (C=O) groups excluding carboxylic acids is 1. The number of rotatable bonds is 8. The van der Waals surface area contributed by atoms with Gasteiger partial charge in [0.05, 0.1) is 12.3 Å². The molecule has 27 heavy (non-hydrogen) atoms. The summed E-state index contributed by atoms with van der Waals surface area (Å²) in [4.78, 5) is 14.0. The summed E-state index contributed by atoms with van der Waals surface area (Å²) < 4.78 is 6.28. The maximum atomic E-state index is 12.3. The standard InChI is InChI=1S/C19H22N4O2S2/c1-4-14-7-5-6-8-16(14)20-18-21-22-19(27-18)26-12-17(24)23(3)11-15-10-9-13(2)25-15/h5-10H,4,11-12H2,1-3H3,(H,20,21). The van der Waals surface area contributed by atoms with E-state index in [0.29, 0.717) is 12.3 Å². The topological polar surface area (TPSA) is 71.3 Å². The summed E-state index contributed by atoms with van der Waals surface area (Å²) in [7, 11) is 1.77. The number of aryl methyl sites for hydroxylation is 2. The third-order valence-electron chi connectivity index (χ3n) is 3.98. The van der Waals surface area contributed by atoms with Crippen LogP contribution < -0.4 is 5.32 Å². The Balaban J connectivity index is 1.52. The SMILES string of the molecule is CCc1ccccc1Nc1nnc(SCC(=O)N(C)Cc2ccc(C)o2)s1. The highest BCUT2D eigenvalue weighted by Crippen LogP contribution is 2.29. The summed E-state index contributed by atoms with van der Waals surface area (Å²) in [5.74, 6) is 1.97. The van der Waals surface area contributed by atoms with E-state index in [1.165, 1.54) is 28.7 Å². The molecular weight excluding hydrogens is 380 g/mol. The molecule has 0 bridgehead atoms. The lowest BCUT2D eigenvalue weighted by Crippen LogP contribution is -2.27. The van der Waals surface area contributed by atoms with E-state index < -0.39 is 0 Å². The van der Waals surface area contributed by atoms with Gasteiger partial charge in [0.2, 0.25) is 11.0 Å². The molecule has 2 heterocycles. The second-order valence-corrected chi connectivity index (χ2v) is 8.26. The minimum Gasteiger partial charge on any atom is -0.464 e. The van der Waals surface area contributed by atoms with Crippen LogP contribution in [0.3, 0.4) is 0 Å². The quantitative estimate of drug-likeness (QED) is 0.560. The Morgan fingerprint density at radius 1 is 1.26 bits per heavy atom. The van der Waals surface area contributed by atoms with Crippen LogP contribution in [0.5, 0.6) is 0 Å². The maximum Gasteiger partial charge on any atom is 0.233 e. The predicted octanol–water partition coefficient (Wildman–Crippen LogP) is 4.50. The van der Waals surface area contributed by atoms with E-state index in [1.807, 2.05) is 37.3 Å². The van der Waals surface area contributed by atoms with Crippen LogP contribution in [-0.4, -0.2) is 33.8 Å². The largest absolute Gasteiger partial charge is 0.464 e. The Morgan fingerprint density at radius 3 is 2.81 bits per heavy atom. The van der Waals surface area contributed by atoms with E-state index in [2.05, 4.69) is 28.5 Å². The first-order valence-electron chi connectivity index (χ1n) is 8.65. The fourth-order valence-electron chi connectivity index (χ4n) is 2.51. The number of hydrogen-bond acceptors (Lipinski definition) is 7. The smallest absolute Gasteiger partial charge is 0.233 e. The lowest BCUT2D eigenvalue weighted by molar-refractivity contribution is -0.127. The Morgan fingerprint density at radius 2 is 2.07 bits per heavy atom. The zero-order valence-electron chi connectivity index (χ0n) is 15.6. The number of nitrogens with zero attached hydrogens (tertiary/aromatic N) is 3. The van der Waals surface area contributed by atoms with Crippen LogP contribution in [-0.2, 0) is 17.8 Å². The second-order valence-electron chi connectivity index (χ2n) is 6.06. The van der Waals surface area contributed by atoms with E-state index in [9.17, 15) is 4.79 Å². The number of furan rings is 1. The Labute approximate surface area is 167 Å². The monoisotopic (exact) mass is 402 g/mol. The molecule has 0 spiro atoms. The first-order chi connectivity index (χ1) is 13.0. The van der Waals surface area contributed by atoms with E-state index in [4.69, 9.17) is 4.42 Å². The normalized spacial score (nSPS) is 10.8. The predicted molar refractivity (Wildman–Crippen MR) is 110 cm³/mol. The van der Waals surface area contributed by atoms with Crippen molar-refractivity contribution in [2.75, 3.05) is 18.1 Å². The third-order valence-corrected chi connectivity index (χ3v) is 5.94. The first kappa shape index (κ1) is 19.4. The lowest BCUT2D eigenvalue weighted by atomic mass is 10.1. The summed E-state index contributed by atoms with van der Waals surface area (Å²) >= 11 is 2.85. The first-order valence-corrected chi connectivity index (χ1v) is 10.5. The second kappa shape index (κ2) is 9.05. The highest BCUT2D eigenvalue weighted by molar-refractivity contribution is 8.01. The number of anilines is 2. The molecule has 1 N–H and O–H groups in total. The van der Waals surface area contributed by atoms with Crippen LogP contribution >= 0.6 is 23.1 Å². The van der Waals surface area contributed by atoms with Crippen molar-refractivity contribution in [1.82, 2.24) is 15.1 Å². The van der Waals surface area contributed by atoms with E-state index in [-0.39, 0.29) is 5.91 Å². The summed E-state index contributed by atoms with van der Waals surface area (Å²) in [6.07, 6.45) is 0.944. The van der Waals surface area contributed by atoms with Crippen molar-refractivity contribution in [3.8, 4) is 0 Å². The molecule has 0 aliphatic rings. The highest BCUT2D eigenvalue weighted by atomic mass is 32.2. The van der Waals surface area contributed by atoms with Crippen molar-refractivity contribution in [1.29, 1.82) is 0 Å². The molecule has 6 nitrogen and oxygen atoms in total. The van der Waals surface area contributed by atoms with E-state index in [0.717, 1.165) is 33.1 Å². The van der Waals surface area contributed by atoms with Gasteiger partial charge in [0.1, 0.15) is 11.5 Å². The minimum atomic E-state index is 0.0232. The average molecular weight is 403 g/mol. The molecule has 1 amide bonds. The molecule has 142 valence electrons. The van der Waals surface area contributed by atoms with Gasteiger partial charge in [-0.3, -0.25) is 4.79 Å². The Bertz CT molecular complexity index is 907. The fourth-order valence-corrected chi connectivity index (χ4v) is 4.21. The summed E-state index contributed by atoms with van der Waals surface area (Å²) in [6.45, 7) is 4.47. The molecule has 0 aliphatic heterocycles. The molecule has 1 aromatic carbocycles. The summed E-state index contributed by atoms with van der Waals surface area (Å²) in [6, 6.07) is 11.9. The molecule has 0 saturated carbocycles. The third kappa shape index (κ3) is 5.33. The number of thioether (sulfide) groups is 1. The Kier molecular flexibility index (Phi) is 6.52. The van der Waals surface area contributed by atoms with Crippen LogP contribution in [0, 0.1) is 6.92 Å². The average Bonchev–Trinajstić information content (AvgIpc) is 3.28. The zero-order valence-corrected chi connectivity index (χ0v) is 17.2. The molecule has 0 radical (unpaired) electrons. The number of hydrogen-bond donors (Lipinski definition) is 1. The molecule has 2 aromatic heterocycles. The molecule has 0 fully saturated rings. The molecule has 0 aliphatic carbocycles. The number of amides is 1. The van der Waals surface area contributed by atoms with Gasteiger partial charge in [-0.2, -0.15) is 0 Å². The molecule has 3 aromatic rings. The summed E-state index contributed by atoms with van der Waals surface area (Å²) in [5.41, 5.74) is 2.27. The molecule has 0 saturated heterocycles. The van der Waals surface area contributed by atoms with Crippen molar-refractivity contribution < 1.29 is 9.21 Å². The van der Waals surface area contributed by atoms with Gasteiger partial charge in [0, 0.05) is 12.7 Å². The van der Waals surface area contributed by atoms with Crippen molar-refractivity contribution >= 4 is 39.8 Å². The fraction of sp³-hybridized carbons (Fsp3) is 0.316. The molecule has 0 unspecified atom stereocenters. The van der Waals surface area contributed by atoms with Crippen LogP contribution in [0.15, 0.2) is 45.2 Å². The maximum absolute atomic E-state index is 12.3. The summed E-state index contributed by atoms with van der Waals surface area (Å²) in [5, 5.41) is 12.4. The van der Waals surface area contributed by atoms with Gasteiger partial charge in [-0.15, -0.1) is 10.2 Å². The number of para-hydroxylation sites is 1. The number of benzene rings is 1. The van der Waals surface area contributed by atoms with Gasteiger partial charge in [-0.25, -0.2) is 0 Å². The highest BCUT2D eigenvalue weighted by Gasteiger charge is 2.14. The van der Waals surface area contributed by atoms with Crippen molar-refractivity contribution in [2.45, 2.75) is 31.2 Å². The van der Waals surface area contributed by atoms with Gasteiger partial charge in [-0.05, 0) is 37.1 Å². The minimum absolute atomic E-state index is 0.0232. The van der Waals surface area contributed by atoms with Crippen molar-refractivity contribution in [3.05, 3.63) is 53.5 Å². The van der Waals surface area contributed by atoms with Crippen LogP contribution in [0.4, 0.5) is 10.8 Å². The lowest BCUT2D eigenvalue weighted by Gasteiger charge is -2.14. The number of aromatic nitrogens is 2. The van der Waals surface area contributed by atoms with Gasteiger partial charge in [0.15, 0.2) is 4.34 Å². The van der Waals surface area contributed by atoms with Crippen LogP contribution in [0.2, 0.25) is 0 Å². The van der Waals surface area contributed by atoms with Gasteiger partial charge < -0.3 is 14.6 Å². The molecular formula is C19H22N4O2S2. The van der Waals surface area contributed by atoms with Crippen LogP contribution in [0.1, 0.15) is 24.0 Å².